The predicted molar refractivity (Wildman–Crippen MR) is 87.4 cm³/mol. The molecule has 20 heavy (non-hydrogen) atoms. The number of hydrogen-bond donors (Lipinski definition) is 2. The summed E-state index contributed by atoms with van der Waals surface area (Å²) in [7, 11) is 0. The van der Waals surface area contributed by atoms with E-state index in [1.54, 1.807) is 0 Å². The van der Waals surface area contributed by atoms with E-state index in [9.17, 15) is 4.79 Å². The molecule has 1 unspecified atom stereocenters. The van der Waals surface area contributed by atoms with Crippen molar-refractivity contribution in [1.82, 2.24) is 5.32 Å². The van der Waals surface area contributed by atoms with E-state index in [4.69, 9.17) is 17.3 Å². The van der Waals surface area contributed by atoms with Gasteiger partial charge in [-0.3, -0.25) is 4.79 Å². The first-order valence-corrected chi connectivity index (χ1v) is 7.26. The Hall–Kier alpha value is -0.770. The molecule has 1 aromatic rings. The van der Waals surface area contributed by atoms with Gasteiger partial charge in [-0.25, -0.2) is 0 Å². The molecule has 0 aromatic heterocycles. The summed E-state index contributed by atoms with van der Waals surface area (Å²) in [6.45, 7) is 2.68. The Morgan fingerprint density at radius 2 is 1.90 bits per heavy atom. The van der Waals surface area contributed by atoms with Gasteiger partial charge in [0.2, 0.25) is 5.91 Å². The molecule has 1 amide bonds. The van der Waals surface area contributed by atoms with Gasteiger partial charge in [-0.1, -0.05) is 42.6 Å². The Morgan fingerprint density at radius 3 is 2.55 bits per heavy atom. The number of rotatable bonds is 8. The van der Waals surface area contributed by atoms with Gasteiger partial charge in [0.15, 0.2) is 0 Å². The molecule has 0 aliphatic heterocycles. The quantitative estimate of drug-likeness (QED) is 0.715. The molecule has 3 nitrogen and oxygen atoms in total. The number of carbonyl (C=O) groups excluding carboxylic acids is 1. The van der Waals surface area contributed by atoms with Gasteiger partial charge in [0.1, 0.15) is 0 Å². The molecular weight excluding hydrogens is 295 g/mol. The SMILES string of the molecule is CC(NC(=O)CCCCCCN)c1ccccc1Cl.Cl. The topological polar surface area (TPSA) is 55.1 Å². The number of nitrogens with one attached hydrogen (secondary N) is 1. The first-order valence-electron chi connectivity index (χ1n) is 6.89. The standard InChI is InChI=1S/C15H23ClN2O.ClH/c1-12(13-8-5-6-9-14(13)16)18-15(19)10-4-2-3-7-11-17;/h5-6,8-9,12H,2-4,7,10-11,17H2,1H3,(H,18,19);1H. The lowest BCUT2D eigenvalue weighted by molar-refractivity contribution is -0.121. The van der Waals surface area contributed by atoms with Crippen LogP contribution in [0.2, 0.25) is 5.02 Å². The van der Waals surface area contributed by atoms with Crippen LogP contribution in [-0.2, 0) is 4.79 Å². The van der Waals surface area contributed by atoms with Crippen molar-refractivity contribution in [3.8, 4) is 0 Å². The summed E-state index contributed by atoms with van der Waals surface area (Å²) >= 11 is 6.10. The summed E-state index contributed by atoms with van der Waals surface area (Å²) in [5, 5.41) is 3.67. The molecule has 0 fully saturated rings. The van der Waals surface area contributed by atoms with Crippen molar-refractivity contribution in [3.63, 3.8) is 0 Å². The lowest BCUT2D eigenvalue weighted by Gasteiger charge is -2.15. The molecule has 0 radical (unpaired) electrons. The van der Waals surface area contributed by atoms with E-state index in [1.165, 1.54) is 0 Å². The fourth-order valence-corrected chi connectivity index (χ4v) is 2.30. The first-order chi connectivity index (χ1) is 9.15. The van der Waals surface area contributed by atoms with Crippen molar-refractivity contribution >= 4 is 29.9 Å². The zero-order valence-electron chi connectivity index (χ0n) is 11.9. The number of halogens is 2. The van der Waals surface area contributed by atoms with Crippen LogP contribution in [0.4, 0.5) is 0 Å². The summed E-state index contributed by atoms with van der Waals surface area (Å²) in [6.07, 6.45) is 4.69. The van der Waals surface area contributed by atoms with Crippen molar-refractivity contribution in [2.24, 2.45) is 5.73 Å². The van der Waals surface area contributed by atoms with Gasteiger partial charge in [-0.05, 0) is 37.9 Å². The second-order valence-electron chi connectivity index (χ2n) is 4.76. The molecule has 0 saturated heterocycles. The van der Waals surface area contributed by atoms with Crippen LogP contribution in [0, 0.1) is 0 Å². The van der Waals surface area contributed by atoms with Gasteiger partial charge >= 0.3 is 0 Å². The smallest absolute Gasteiger partial charge is 0.220 e. The Balaban J connectivity index is 0.00000361. The molecule has 0 heterocycles. The molecule has 1 aromatic carbocycles. The minimum absolute atomic E-state index is 0. The van der Waals surface area contributed by atoms with Crippen LogP contribution in [-0.4, -0.2) is 12.5 Å². The molecular formula is C15H24Cl2N2O. The zero-order valence-corrected chi connectivity index (χ0v) is 13.5. The summed E-state index contributed by atoms with van der Waals surface area (Å²) in [6, 6.07) is 7.54. The number of nitrogens with two attached hydrogens (primary N) is 1. The lowest BCUT2D eigenvalue weighted by atomic mass is 10.1. The molecule has 0 aliphatic rings. The number of amides is 1. The largest absolute Gasteiger partial charge is 0.350 e. The number of hydrogen-bond acceptors (Lipinski definition) is 2. The van der Waals surface area contributed by atoms with Crippen LogP contribution in [0.25, 0.3) is 0 Å². The lowest BCUT2D eigenvalue weighted by Crippen LogP contribution is -2.26. The van der Waals surface area contributed by atoms with E-state index in [-0.39, 0.29) is 24.4 Å². The number of unbranched alkanes of at least 4 members (excludes halogenated alkanes) is 3. The van der Waals surface area contributed by atoms with E-state index in [2.05, 4.69) is 5.32 Å². The third kappa shape index (κ3) is 7.13. The van der Waals surface area contributed by atoms with Crippen molar-refractivity contribution in [2.45, 2.75) is 45.1 Å². The van der Waals surface area contributed by atoms with Crippen LogP contribution < -0.4 is 11.1 Å². The van der Waals surface area contributed by atoms with Crippen molar-refractivity contribution in [3.05, 3.63) is 34.9 Å². The van der Waals surface area contributed by atoms with Crippen LogP contribution in [0.5, 0.6) is 0 Å². The molecule has 1 atom stereocenters. The maximum absolute atomic E-state index is 11.8. The Morgan fingerprint density at radius 1 is 1.25 bits per heavy atom. The molecule has 0 spiro atoms. The fourth-order valence-electron chi connectivity index (χ4n) is 2.00. The third-order valence-electron chi connectivity index (χ3n) is 3.11. The van der Waals surface area contributed by atoms with Crippen LogP contribution in [0.3, 0.4) is 0 Å². The van der Waals surface area contributed by atoms with Gasteiger partial charge in [-0.2, -0.15) is 0 Å². The highest BCUT2D eigenvalue weighted by molar-refractivity contribution is 6.31. The van der Waals surface area contributed by atoms with E-state index < -0.39 is 0 Å². The van der Waals surface area contributed by atoms with Crippen molar-refractivity contribution in [1.29, 1.82) is 0 Å². The molecule has 0 aliphatic carbocycles. The van der Waals surface area contributed by atoms with E-state index in [0.29, 0.717) is 11.4 Å². The Labute approximate surface area is 132 Å². The monoisotopic (exact) mass is 318 g/mol. The average molecular weight is 319 g/mol. The molecule has 1 rings (SSSR count). The highest BCUT2D eigenvalue weighted by Crippen LogP contribution is 2.22. The molecule has 3 N–H and O–H groups in total. The normalized spacial score (nSPS) is 11.6. The van der Waals surface area contributed by atoms with Gasteiger partial charge in [0.25, 0.3) is 0 Å². The summed E-state index contributed by atoms with van der Waals surface area (Å²) in [4.78, 5) is 11.8. The minimum Gasteiger partial charge on any atom is -0.350 e. The predicted octanol–water partition coefficient (Wildman–Crippen LogP) is 3.85. The van der Waals surface area contributed by atoms with E-state index in [1.807, 2.05) is 31.2 Å². The van der Waals surface area contributed by atoms with Crippen LogP contribution >= 0.6 is 24.0 Å². The van der Waals surface area contributed by atoms with Gasteiger partial charge < -0.3 is 11.1 Å². The second-order valence-corrected chi connectivity index (χ2v) is 5.17. The zero-order chi connectivity index (χ0) is 14.1. The molecule has 5 heteroatoms. The Bertz CT molecular complexity index is 399. The second kappa shape index (κ2) is 11.0. The highest BCUT2D eigenvalue weighted by atomic mass is 35.5. The third-order valence-corrected chi connectivity index (χ3v) is 3.45. The maximum atomic E-state index is 11.8. The van der Waals surface area contributed by atoms with Gasteiger partial charge in [-0.15, -0.1) is 12.4 Å². The van der Waals surface area contributed by atoms with E-state index >= 15 is 0 Å². The summed E-state index contributed by atoms with van der Waals surface area (Å²) in [5.41, 5.74) is 6.38. The summed E-state index contributed by atoms with van der Waals surface area (Å²) < 4.78 is 0. The maximum Gasteiger partial charge on any atom is 0.220 e. The van der Waals surface area contributed by atoms with Crippen LogP contribution in [0.1, 0.15) is 50.6 Å². The van der Waals surface area contributed by atoms with Gasteiger partial charge in [0, 0.05) is 11.4 Å². The number of benzene rings is 1. The first kappa shape index (κ1) is 19.2. The fraction of sp³-hybridized carbons (Fsp3) is 0.533. The van der Waals surface area contributed by atoms with Crippen molar-refractivity contribution < 1.29 is 4.79 Å². The van der Waals surface area contributed by atoms with Crippen molar-refractivity contribution in [2.75, 3.05) is 6.54 Å². The molecule has 0 bridgehead atoms. The minimum atomic E-state index is -0.0507. The van der Waals surface area contributed by atoms with Crippen LogP contribution in [0.15, 0.2) is 24.3 Å². The number of carbonyl (C=O) groups is 1. The van der Waals surface area contributed by atoms with Gasteiger partial charge in [0.05, 0.1) is 6.04 Å². The van der Waals surface area contributed by atoms with E-state index in [0.717, 1.165) is 37.8 Å². The average Bonchev–Trinajstić information content (AvgIpc) is 2.39. The highest BCUT2D eigenvalue weighted by Gasteiger charge is 2.11. The molecule has 114 valence electrons. The Kier molecular flexibility index (Phi) is 10.5. The summed E-state index contributed by atoms with van der Waals surface area (Å²) in [5.74, 6) is 0.0835. The molecule has 0 saturated carbocycles.